The van der Waals surface area contributed by atoms with Crippen molar-refractivity contribution in [3.63, 3.8) is 0 Å². The van der Waals surface area contributed by atoms with Crippen molar-refractivity contribution in [1.29, 1.82) is 0 Å². The molecule has 0 bridgehead atoms. The summed E-state index contributed by atoms with van der Waals surface area (Å²) in [6, 6.07) is 6.15. The minimum atomic E-state index is -0.128. The molecule has 1 aliphatic carbocycles. The Bertz CT molecular complexity index is 885. The van der Waals surface area contributed by atoms with E-state index in [1.165, 1.54) is 25.7 Å². The molecule has 8 nitrogen and oxygen atoms in total. The zero-order valence-corrected chi connectivity index (χ0v) is 18.7. The molecule has 2 aliphatic rings. The van der Waals surface area contributed by atoms with Gasteiger partial charge in [-0.05, 0) is 50.8 Å². The summed E-state index contributed by atoms with van der Waals surface area (Å²) in [5, 5.41) is 7.61. The van der Waals surface area contributed by atoms with Crippen LogP contribution in [0.25, 0.3) is 0 Å². The molecule has 2 aromatic rings. The fourth-order valence-corrected chi connectivity index (χ4v) is 4.62. The van der Waals surface area contributed by atoms with Crippen LogP contribution in [0.4, 0.5) is 0 Å². The Kier molecular flexibility index (Phi) is 6.75. The van der Waals surface area contributed by atoms with Gasteiger partial charge in [0, 0.05) is 31.7 Å². The number of benzene rings is 1. The average molecular weight is 429 g/mol. The number of carbonyl (C=O) groups is 1. The highest BCUT2D eigenvalue weighted by Crippen LogP contribution is 2.32. The van der Waals surface area contributed by atoms with E-state index in [0.29, 0.717) is 35.0 Å². The quantitative estimate of drug-likeness (QED) is 0.668. The van der Waals surface area contributed by atoms with Gasteiger partial charge in [-0.15, -0.1) is 0 Å². The molecule has 0 unspecified atom stereocenters. The van der Waals surface area contributed by atoms with Crippen LogP contribution in [0.15, 0.2) is 22.8 Å². The third-order valence-corrected chi connectivity index (χ3v) is 6.50. The largest absolute Gasteiger partial charge is 0.493 e. The third kappa shape index (κ3) is 5.01. The van der Waals surface area contributed by atoms with Crippen molar-refractivity contribution in [2.75, 3.05) is 27.2 Å². The first-order chi connectivity index (χ1) is 15.0. The number of amides is 1. The van der Waals surface area contributed by atoms with Crippen molar-refractivity contribution in [3.8, 4) is 11.5 Å². The Morgan fingerprint density at radius 3 is 2.55 bits per heavy atom. The maximum absolute atomic E-state index is 12.9. The minimum Gasteiger partial charge on any atom is -0.493 e. The van der Waals surface area contributed by atoms with Gasteiger partial charge in [0.05, 0.1) is 13.7 Å². The fourth-order valence-electron chi connectivity index (χ4n) is 4.62. The van der Waals surface area contributed by atoms with Crippen molar-refractivity contribution in [2.24, 2.45) is 0 Å². The lowest BCUT2D eigenvalue weighted by Crippen LogP contribution is -2.43. The number of piperidine rings is 1. The van der Waals surface area contributed by atoms with E-state index in [1.54, 1.807) is 38.1 Å². The SMILES string of the molecule is COc1cc(C(=O)N(C)Cc2nonc2C)ccc1OC1CCN(C2CCCC2)CC1. The molecule has 2 fully saturated rings. The molecule has 0 radical (unpaired) electrons. The summed E-state index contributed by atoms with van der Waals surface area (Å²) in [6.07, 6.45) is 7.65. The van der Waals surface area contributed by atoms with Crippen LogP contribution in [0.5, 0.6) is 11.5 Å². The molecule has 1 saturated heterocycles. The summed E-state index contributed by atoms with van der Waals surface area (Å²) in [7, 11) is 3.33. The molecule has 0 N–H and O–H groups in total. The Morgan fingerprint density at radius 1 is 1.16 bits per heavy atom. The second-order valence-electron chi connectivity index (χ2n) is 8.61. The number of aryl methyl sites for hydroxylation is 1. The maximum Gasteiger partial charge on any atom is 0.254 e. The van der Waals surface area contributed by atoms with Crippen LogP contribution in [0, 0.1) is 6.92 Å². The molecule has 1 amide bonds. The molecule has 1 aromatic heterocycles. The van der Waals surface area contributed by atoms with Crippen LogP contribution in [-0.4, -0.2) is 65.4 Å². The second kappa shape index (κ2) is 9.68. The molecular formula is C23H32N4O4. The lowest BCUT2D eigenvalue weighted by Gasteiger charge is -2.36. The lowest BCUT2D eigenvalue weighted by molar-refractivity contribution is 0.0748. The normalized spacial score (nSPS) is 18.3. The van der Waals surface area contributed by atoms with E-state index in [4.69, 9.17) is 14.1 Å². The summed E-state index contributed by atoms with van der Waals surface area (Å²) in [6.45, 7) is 4.32. The minimum absolute atomic E-state index is 0.128. The molecular weight excluding hydrogens is 396 g/mol. The number of carbonyl (C=O) groups excluding carboxylic acids is 1. The molecule has 4 rings (SSSR count). The summed E-state index contributed by atoms with van der Waals surface area (Å²) >= 11 is 0. The molecule has 1 aliphatic heterocycles. The fraction of sp³-hybridized carbons (Fsp3) is 0.609. The smallest absolute Gasteiger partial charge is 0.254 e. The number of aromatic nitrogens is 2. The van der Waals surface area contributed by atoms with Gasteiger partial charge in [-0.2, -0.15) is 0 Å². The van der Waals surface area contributed by atoms with Gasteiger partial charge in [0.15, 0.2) is 11.5 Å². The van der Waals surface area contributed by atoms with Gasteiger partial charge in [0.2, 0.25) is 0 Å². The van der Waals surface area contributed by atoms with Gasteiger partial charge in [0.1, 0.15) is 17.5 Å². The van der Waals surface area contributed by atoms with Gasteiger partial charge in [0.25, 0.3) is 5.91 Å². The Hall–Kier alpha value is -2.61. The van der Waals surface area contributed by atoms with E-state index in [9.17, 15) is 4.79 Å². The lowest BCUT2D eigenvalue weighted by atomic mass is 10.0. The first-order valence-corrected chi connectivity index (χ1v) is 11.2. The van der Waals surface area contributed by atoms with Crippen LogP contribution in [-0.2, 0) is 6.54 Å². The van der Waals surface area contributed by atoms with Crippen LogP contribution >= 0.6 is 0 Å². The van der Waals surface area contributed by atoms with Gasteiger partial charge in [-0.1, -0.05) is 23.2 Å². The monoisotopic (exact) mass is 428 g/mol. The van der Waals surface area contributed by atoms with Gasteiger partial charge in [-0.25, -0.2) is 4.63 Å². The highest BCUT2D eigenvalue weighted by molar-refractivity contribution is 5.94. The molecule has 1 aromatic carbocycles. The number of nitrogens with zero attached hydrogens (tertiary/aromatic N) is 4. The average Bonchev–Trinajstić information content (AvgIpc) is 3.46. The molecule has 0 atom stereocenters. The standard InChI is InChI=1S/C23H32N4O4/c1-16-20(25-31-24-16)15-26(2)23(28)17-8-9-21(22(14-17)29-3)30-19-10-12-27(13-11-19)18-6-4-5-7-18/h8-9,14,18-19H,4-7,10-13,15H2,1-3H3. The highest BCUT2D eigenvalue weighted by Gasteiger charge is 2.28. The Labute approximate surface area is 183 Å². The number of hydrogen-bond donors (Lipinski definition) is 0. The van der Waals surface area contributed by atoms with Crippen molar-refractivity contribution in [3.05, 3.63) is 35.2 Å². The van der Waals surface area contributed by atoms with E-state index in [2.05, 4.69) is 15.2 Å². The molecule has 8 heteroatoms. The topological polar surface area (TPSA) is 80.9 Å². The summed E-state index contributed by atoms with van der Waals surface area (Å²) in [5.41, 5.74) is 1.86. The second-order valence-corrected chi connectivity index (χ2v) is 8.61. The molecule has 1 saturated carbocycles. The zero-order valence-electron chi connectivity index (χ0n) is 18.7. The summed E-state index contributed by atoms with van der Waals surface area (Å²) in [5.74, 6) is 1.14. The number of hydrogen-bond acceptors (Lipinski definition) is 7. The van der Waals surface area contributed by atoms with Gasteiger partial charge < -0.3 is 19.3 Å². The molecule has 0 spiro atoms. The molecule has 2 heterocycles. The Morgan fingerprint density at radius 2 is 1.90 bits per heavy atom. The van der Waals surface area contributed by atoms with Crippen molar-refractivity contribution in [2.45, 2.75) is 64.1 Å². The van der Waals surface area contributed by atoms with Crippen molar-refractivity contribution in [1.82, 2.24) is 20.1 Å². The predicted octanol–water partition coefficient (Wildman–Crippen LogP) is 3.44. The molecule has 168 valence electrons. The van der Waals surface area contributed by atoms with Gasteiger partial charge in [-0.3, -0.25) is 4.79 Å². The predicted molar refractivity (Wildman–Crippen MR) is 115 cm³/mol. The van der Waals surface area contributed by atoms with Crippen LogP contribution < -0.4 is 9.47 Å². The third-order valence-electron chi connectivity index (χ3n) is 6.50. The van der Waals surface area contributed by atoms with E-state index >= 15 is 0 Å². The zero-order chi connectivity index (χ0) is 21.8. The van der Waals surface area contributed by atoms with E-state index < -0.39 is 0 Å². The van der Waals surface area contributed by atoms with Crippen molar-refractivity contribution >= 4 is 5.91 Å². The summed E-state index contributed by atoms with van der Waals surface area (Å²) in [4.78, 5) is 17.1. The van der Waals surface area contributed by atoms with Gasteiger partial charge >= 0.3 is 0 Å². The Balaban J connectivity index is 1.36. The van der Waals surface area contributed by atoms with Crippen LogP contribution in [0.1, 0.15) is 60.3 Å². The number of likely N-dealkylation sites (tertiary alicyclic amines) is 1. The van der Waals surface area contributed by atoms with Crippen LogP contribution in [0.2, 0.25) is 0 Å². The number of rotatable bonds is 7. The first kappa shape index (κ1) is 21.6. The first-order valence-electron chi connectivity index (χ1n) is 11.2. The summed E-state index contributed by atoms with van der Waals surface area (Å²) < 4.78 is 16.5. The number of ether oxygens (including phenoxy) is 2. The van der Waals surface area contributed by atoms with E-state index in [-0.39, 0.29) is 12.0 Å². The number of methoxy groups -OCH3 is 1. The molecule has 31 heavy (non-hydrogen) atoms. The highest BCUT2D eigenvalue weighted by atomic mass is 16.6. The van der Waals surface area contributed by atoms with Crippen molar-refractivity contribution < 1.29 is 18.9 Å². The maximum atomic E-state index is 12.9. The van der Waals surface area contributed by atoms with Crippen LogP contribution in [0.3, 0.4) is 0 Å². The van der Waals surface area contributed by atoms with E-state index in [1.807, 2.05) is 6.07 Å². The van der Waals surface area contributed by atoms with E-state index in [0.717, 1.165) is 32.0 Å².